The zero-order chi connectivity index (χ0) is 15.2. The Labute approximate surface area is 122 Å². The van der Waals surface area contributed by atoms with Gasteiger partial charge in [-0.1, -0.05) is 27.7 Å². The summed E-state index contributed by atoms with van der Waals surface area (Å²) >= 11 is 0. The van der Waals surface area contributed by atoms with Gasteiger partial charge in [-0.2, -0.15) is 0 Å². The predicted octanol–water partition coefficient (Wildman–Crippen LogP) is 2.59. The second kappa shape index (κ2) is 7.55. The van der Waals surface area contributed by atoms with Gasteiger partial charge < -0.3 is 14.8 Å². The maximum Gasteiger partial charge on any atom is 0.237 e. The quantitative estimate of drug-likeness (QED) is 0.832. The van der Waals surface area contributed by atoms with Crippen LogP contribution in [-0.4, -0.2) is 36.3 Å². The highest BCUT2D eigenvalue weighted by Crippen LogP contribution is 2.34. The van der Waals surface area contributed by atoms with Crippen molar-refractivity contribution >= 4 is 0 Å². The zero-order valence-electron chi connectivity index (χ0n) is 13.4. The van der Waals surface area contributed by atoms with Crippen LogP contribution in [0.25, 0.3) is 0 Å². The average Bonchev–Trinajstić information content (AvgIpc) is 2.41. The standard InChI is InChI=1S/C15H27N3O2/c1-7-16-11(13(20-8-2)15(3,4)5)12-14(19-6)18-10-9-17-12/h9-11,13,16H,7-8H2,1-6H3. The molecule has 0 aliphatic carbocycles. The molecule has 0 aliphatic heterocycles. The molecule has 0 bridgehead atoms. The molecule has 0 saturated carbocycles. The highest BCUT2D eigenvalue weighted by molar-refractivity contribution is 5.23. The normalized spacial score (nSPS) is 14.9. The summed E-state index contributed by atoms with van der Waals surface area (Å²) in [5.41, 5.74) is 0.774. The largest absolute Gasteiger partial charge is 0.480 e. The molecule has 0 aliphatic rings. The highest BCUT2D eigenvalue weighted by atomic mass is 16.5. The molecular weight excluding hydrogens is 254 g/mol. The number of ether oxygens (including phenoxy) is 2. The van der Waals surface area contributed by atoms with Crippen molar-refractivity contribution in [2.45, 2.75) is 46.8 Å². The highest BCUT2D eigenvalue weighted by Gasteiger charge is 2.36. The summed E-state index contributed by atoms with van der Waals surface area (Å²) in [6.07, 6.45) is 3.31. The Balaban J connectivity index is 3.20. The first kappa shape index (κ1) is 16.9. The van der Waals surface area contributed by atoms with Crippen molar-refractivity contribution in [2.24, 2.45) is 5.41 Å². The van der Waals surface area contributed by atoms with Gasteiger partial charge in [0.2, 0.25) is 5.88 Å². The Morgan fingerprint density at radius 3 is 2.35 bits per heavy atom. The van der Waals surface area contributed by atoms with E-state index in [1.807, 2.05) is 6.92 Å². The van der Waals surface area contributed by atoms with Crippen LogP contribution in [0.3, 0.4) is 0 Å². The molecule has 1 heterocycles. The zero-order valence-corrected chi connectivity index (χ0v) is 13.4. The molecule has 5 heteroatoms. The molecule has 114 valence electrons. The number of aromatic nitrogens is 2. The fourth-order valence-corrected chi connectivity index (χ4v) is 2.30. The summed E-state index contributed by atoms with van der Waals surface area (Å²) in [6, 6.07) is -0.0522. The number of likely N-dealkylation sites (N-methyl/N-ethyl adjacent to an activating group) is 1. The van der Waals surface area contributed by atoms with Gasteiger partial charge >= 0.3 is 0 Å². The van der Waals surface area contributed by atoms with Gasteiger partial charge in [-0.05, 0) is 18.9 Å². The van der Waals surface area contributed by atoms with Crippen LogP contribution < -0.4 is 10.1 Å². The molecule has 1 aromatic heterocycles. The predicted molar refractivity (Wildman–Crippen MR) is 79.9 cm³/mol. The van der Waals surface area contributed by atoms with Crippen LogP contribution >= 0.6 is 0 Å². The second-order valence-electron chi connectivity index (χ2n) is 5.73. The molecule has 2 unspecified atom stereocenters. The van der Waals surface area contributed by atoms with E-state index < -0.39 is 0 Å². The van der Waals surface area contributed by atoms with Crippen molar-refractivity contribution in [2.75, 3.05) is 20.3 Å². The van der Waals surface area contributed by atoms with Crippen molar-refractivity contribution in [3.63, 3.8) is 0 Å². The second-order valence-corrected chi connectivity index (χ2v) is 5.73. The van der Waals surface area contributed by atoms with Gasteiger partial charge in [0.15, 0.2) is 0 Å². The number of rotatable bonds is 7. The van der Waals surface area contributed by atoms with E-state index in [1.165, 1.54) is 0 Å². The summed E-state index contributed by atoms with van der Waals surface area (Å²) in [5, 5.41) is 3.46. The molecule has 0 amide bonds. The minimum Gasteiger partial charge on any atom is -0.480 e. The third-order valence-electron chi connectivity index (χ3n) is 3.11. The average molecular weight is 281 g/mol. The molecule has 1 N–H and O–H groups in total. The molecule has 2 atom stereocenters. The fourth-order valence-electron chi connectivity index (χ4n) is 2.30. The topological polar surface area (TPSA) is 56.3 Å². The van der Waals surface area contributed by atoms with E-state index in [1.54, 1.807) is 19.5 Å². The minimum atomic E-state index is -0.0522. The van der Waals surface area contributed by atoms with Crippen LogP contribution in [-0.2, 0) is 4.74 Å². The third kappa shape index (κ3) is 4.15. The summed E-state index contributed by atoms with van der Waals surface area (Å²) in [7, 11) is 1.61. The van der Waals surface area contributed by atoms with Gasteiger partial charge in [0.25, 0.3) is 0 Å². The molecule has 5 nitrogen and oxygen atoms in total. The molecule has 0 saturated heterocycles. The molecule has 20 heavy (non-hydrogen) atoms. The maximum atomic E-state index is 5.99. The Hall–Kier alpha value is -1.20. The monoisotopic (exact) mass is 281 g/mol. The lowest BCUT2D eigenvalue weighted by atomic mass is 9.83. The summed E-state index contributed by atoms with van der Waals surface area (Å²) < 4.78 is 11.3. The number of hydrogen-bond donors (Lipinski definition) is 1. The van der Waals surface area contributed by atoms with Crippen LogP contribution in [0, 0.1) is 5.41 Å². The van der Waals surface area contributed by atoms with Gasteiger partial charge in [0.05, 0.1) is 19.3 Å². The number of hydrogen-bond acceptors (Lipinski definition) is 5. The maximum absolute atomic E-state index is 5.99. The Kier molecular flexibility index (Phi) is 6.36. The van der Waals surface area contributed by atoms with Crippen LogP contribution in [0.2, 0.25) is 0 Å². The summed E-state index contributed by atoms with van der Waals surface area (Å²) in [4.78, 5) is 8.70. The fraction of sp³-hybridized carbons (Fsp3) is 0.733. The Bertz CT molecular complexity index is 404. The number of nitrogens with one attached hydrogen (secondary N) is 1. The van der Waals surface area contributed by atoms with Gasteiger partial charge in [-0.25, -0.2) is 4.98 Å². The Morgan fingerprint density at radius 1 is 1.20 bits per heavy atom. The van der Waals surface area contributed by atoms with E-state index in [2.05, 4.69) is 43.0 Å². The van der Waals surface area contributed by atoms with Crippen molar-refractivity contribution in [1.29, 1.82) is 0 Å². The first-order valence-electron chi connectivity index (χ1n) is 7.15. The van der Waals surface area contributed by atoms with Crippen molar-refractivity contribution in [1.82, 2.24) is 15.3 Å². The molecule has 0 radical (unpaired) electrons. The van der Waals surface area contributed by atoms with E-state index >= 15 is 0 Å². The van der Waals surface area contributed by atoms with Gasteiger partial charge in [0, 0.05) is 19.0 Å². The lowest BCUT2D eigenvalue weighted by Gasteiger charge is -2.37. The Morgan fingerprint density at radius 2 is 1.85 bits per heavy atom. The van der Waals surface area contributed by atoms with Gasteiger partial charge in [-0.3, -0.25) is 4.98 Å². The summed E-state index contributed by atoms with van der Waals surface area (Å²) in [6.45, 7) is 12.1. The molecule has 0 spiro atoms. The summed E-state index contributed by atoms with van der Waals surface area (Å²) in [5.74, 6) is 0.549. The first-order chi connectivity index (χ1) is 9.45. The lowest BCUT2D eigenvalue weighted by molar-refractivity contribution is -0.0377. The number of nitrogens with zero attached hydrogens (tertiary/aromatic N) is 2. The van der Waals surface area contributed by atoms with Crippen molar-refractivity contribution in [3.05, 3.63) is 18.1 Å². The van der Waals surface area contributed by atoms with E-state index in [0.29, 0.717) is 12.5 Å². The van der Waals surface area contributed by atoms with Crippen LogP contribution in [0.15, 0.2) is 12.4 Å². The van der Waals surface area contributed by atoms with E-state index in [-0.39, 0.29) is 17.6 Å². The SMILES string of the molecule is CCNC(c1nccnc1OC)C(OCC)C(C)(C)C. The minimum absolute atomic E-state index is 0.0157. The molecule has 0 fully saturated rings. The lowest BCUT2D eigenvalue weighted by Crippen LogP contribution is -2.42. The third-order valence-corrected chi connectivity index (χ3v) is 3.11. The van der Waals surface area contributed by atoms with E-state index in [9.17, 15) is 0 Å². The van der Waals surface area contributed by atoms with E-state index in [0.717, 1.165) is 12.2 Å². The van der Waals surface area contributed by atoms with Crippen LogP contribution in [0.1, 0.15) is 46.4 Å². The number of methoxy groups -OCH3 is 1. The van der Waals surface area contributed by atoms with Crippen LogP contribution in [0.4, 0.5) is 0 Å². The molecular formula is C15H27N3O2. The van der Waals surface area contributed by atoms with Gasteiger partial charge in [-0.15, -0.1) is 0 Å². The van der Waals surface area contributed by atoms with Crippen molar-refractivity contribution < 1.29 is 9.47 Å². The van der Waals surface area contributed by atoms with E-state index in [4.69, 9.17) is 9.47 Å². The van der Waals surface area contributed by atoms with Crippen LogP contribution in [0.5, 0.6) is 5.88 Å². The molecule has 1 aromatic rings. The molecule has 0 aromatic carbocycles. The van der Waals surface area contributed by atoms with Crippen molar-refractivity contribution in [3.8, 4) is 5.88 Å². The first-order valence-corrected chi connectivity index (χ1v) is 7.15. The van der Waals surface area contributed by atoms with Gasteiger partial charge in [0.1, 0.15) is 5.69 Å². The molecule has 1 rings (SSSR count). The smallest absolute Gasteiger partial charge is 0.237 e.